The third kappa shape index (κ3) is 22.8. The van der Waals surface area contributed by atoms with Crippen LogP contribution in [0.4, 0.5) is 0 Å². The minimum atomic E-state index is -3.74. The normalized spacial score (nSPS) is 11.4. The number of hydrogen-bond donors (Lipinski definition) is 0. The fraction of sp³-hybridized carbons (Fsp3) is 1.00. The van der Waals surface area contributed by atoms with E-state index in [1.807, 2.05) is 0 Å². The Bertz CT molecular complexity index is 347. The number of unbranched alkanes of at least 4 members (excludes halogenated alkanes) is 15. The Kier molecular flexibility index (Phi) is 23.8. The van der Waals surface area contributed by atoms with Gasteiger partial charge in [0.2, 0.25) is 0 Å². The van der Waals surface area contributed by atoms with Gasteiger partial charge in [0.1, 0.15) is 0 Å². The van der Waals surface area contributed by atoms with Gasteiger partial charge in [0.25, 0.3) is 0 Å². The van der Waals surface area contributed by atoms with E-state index >= 15 is 0 Å². The van der Waals surface area contributed by atoms with Crippen LogP contribution in [0.2, 0.25) is 0 Å². The van der Waals surface area contributed by atoms with Crippen molar-refractivity contribution in [3.63, 3.8) is 0 Å². The Morgan fingerprint density at radius 1 is 0.600 bits per heavy atom. The van der Waals surface area contributed by atoms with Gasteiger partial charge in [-0.1, -0.05) is 103 Å². The molecule has 0 atom stereocenters. The molecule has 0 rings (SSSR count). The molecule has 148 valence electrons. The van der Waals surface area contributed by atoms with E-state index < -0.39 is 10.4 Å². The fourth-order valence-corrected chi connectivity index (χ4v) is 3.28. The minimum absolute atomic E-state index is 0. The third-order valence-corrected chi connectivity index (χ3v) is 5.29. The van der Waals surface area contributed by atoms with Crippen molar-refractivity contribution >= 4 is 40.0 Å². The molecule has 0 fully saturated rings. The van der Waals surface area contributed by atoms with Crippen molar-refractivity contribution in [3.8, 4) is 0 Å². The van der Waals surface area contributed by atoms with E-state index in [4.69, 9.17) is 0 Å². The van der Waals surface area contributed by atoms with Crippen LogP contribution in [-0.2, 0) is 18.8 Å². The van der Waals surface area contributed by atoms with E-state index in [9.17, 15) is 8.42 Å². The summed E-state index contributed by atoms with van der Waals surface area (Å²) >= 11 is 0. The van der Waals surface area contributed by atoms with Gasteiger partial charge in [-0.05, 0) is 6.42 Å². The van der Waals surface area contributed by atoms with Crippen LogP contribution in [0.3, 0.4) is 0 Å². The summed E-state index contributed by atoms with van der Waals surface area (Å²) in [5.41, 5.74) is 0. The molecule has 0 N–H and O–H groups in total. The van der Waals surface area contributed by atoms with Gasteiger partial charge >= 0.3 is 40.0 Å². The zero-order valence-electron chi connectivity index (χ0n) is 16.1. The average Bonchev–Trinajstić information content (AvgIpc) is 2.57. The molecule has 0 aliphatic carbocycles. The molecule has 0 aliphatic heterocycles. The molecule has 0 saturated carbocycles. The Balaban J connectivity index is 0. The molecule has 0 saturated heterocycles. The van der Waals surface area contributed by atoms with Crippen LogP contribution < -0.4 is 0 Å². The van der Waals surface area contributed by atoms with Gasteiger partial charge in [-0.25, -0.2) is 4.18 Å². The molecule has 0 bridgehead atoms. The summed E-state index contributed by atoms with van der Waals surface area (Å²) in [5.74, 6) is 0. The first-order valence-electron chi connectivity index (χ1n) is 10.1. The van der Waals surface area contributed by atoms with E-state index in [-0.39, 0.29) is 36.2 Å². The average molecular weight is 389 g/mol. The van der Waals surface area contributed by atoms with Crippen LogP contribution in [0.5, 0.6) is 0 Å². The zero-order valence-corrected chi connectivity index (χ0v) is 16.9. The molecule has 0 spiro atoms. The number of hydrogen-bond acceptors (Lipinski definition) is 4. The second kappa shape index (κ2) is 21.2. The van der Waals surface area contributed by atoms with Crippen molar-refractivity contribution in [2.75, 3.05) is 13.7 Å². The molecule has 0 aromatic rings. The molecule has 0 unspecified atom stereocenters. The molecule has 6 heteroatoms. The van der Waals surface area contributed by atoms with Crippen molar-refractivity contribution in [1.82, 2.24) is 0 Å². The molecule has 25 heavy (non-hydrogen) atoms. The first-order valence-corrected chi connectivity index (χ1v) is 11.4. The van der Waals surface area contributed by atoms with E-state index in [1.165, 1.54) is 83.5 Å². The molecule has 0 amide bonds. The van der Waals surface area contributed by atoms with Crippen LogP contribution in [-0.4, -0.2) is 51.7 Å². The van der Waals surface area contributed by atoms with Crippen molar-refractivity contribution in [2.45, 2.75) is 110 Å². The van der Waals surface area contributed by atoms with E-state index in [2.05, 4.69) is 15.3 Å². The van der Waals surface area contributed by atoms with Crippen molar-refractivity contribution in [2.24, 2.45) is 0 Å². The summed E-state index contributed by atoms with van der Waals surface area (Å²) < 4.78 is 30.7. The molecule has 0 aliphatic rings. The van der Waals surface area contributed by atoms with Crippen LogP contribution >= 0.6 is 0 Å². The van der Waals surface area contributed by atoms with Gasteiger partial charge in [-0.2, -0.15) is 8.42 Å². The Labute approximate surface area is 179 Å². The second-order valence-electron chi connectivity index (χ2n) is 6.70. The predicted molar refractivity (Wildman–Crippen MR) is 109 cm³/mol. The summed E-state index contributed by atoms with van der Waals surface area (Å²) in [4.78, 5) is 0. The van der Waals surface area contributed by atoms with Gasteiger partial charge in [0.05, 0.1) is 13.7 Å². The molecule has 0 aromatic carbocycles. The maximum absolute atomic E-state index is 10.9. The standard InChI is InChI=1S/C19H40O4S.Na.H/c1-3-4-5-6-7-8-9-10-11-12-13-14-15-16-17-18-19-23-24(20,21)22-2;;/h3-19H2,1-2H3;;. The molecular weight excluding hydrogens is 347 g/mol. The molecule has 4 nitrogen and oxygen atoms in total. The van der Waals surface area contributed by atoms with Crippen molar-refractivity contribution in [3.05, 3.63) is 0 Å². The van der Waals surface area contributed by atoms with Gasteiger partial charge in [-0.3, -0.25) is 4.18 Å². The first-order chi connectivity index (χ1) is 11.6. The maximum atomic E-state index is 10.9. The Morgan fingerprint density at radius 3 is 1.24 bits per heavy atom. The first kappa shape index (κ1) is 28.1. The Hall–Kier alpha value is 0.870. The molecule has 0 heterocycles. The predicted octanol–water partition coefficient (Wildman–Crippen LogP) is 5.51. The second-order valence-corrected chi connectivity index (χ2v) is 8.09. The van der Waals surface area contributed by atoms with E-state index in [0.29, 0.717) is 0 Å². The number of rotatable bonds is 19. The van der Waals surface area contributed by atoms with Gasteiger partial charge in [0.15, 0.2) is 0 Å². The van der Waals surface area contributed by atoms with Crippen LogP contribution in [0.15, 0.2) is 0 Å². The molecular formula is C19H41NaO4S. The van der Waals surface area contributed by atoms with Crippen LogP contribution in [0.25, 0.3) is 0 Å². The molecule has 0 radical (unpaired) electrons. The third-order valence-electron chi connectivity index (χ3n) is 4.43. The summed E-state index contributed by atoms with van der Waals surface area (Å²) in [5, 5.41) is 0. The van der Waals surface area contributed by atoms with Crippen molar-refractivity contribution in [1.29, 1.82) is 0 Å². The summed E-state index contributed by atoms with van der Waals surface area (Å²) in [6.07, 6.45) is 20.8. The summed E-state index contributed by atoms with van der Waals surface area (Å²) in [6.45, 7) is 2.50. The quantitative estimate of drug-likeness (QED) is 0.216. The van der Waals surface area contributed by atoms with Gasteiger partial charge in [0, 0.05) is 0 Å². The van der Waals surface area contributed by atoms with Crippen molar-refractivity contribution < 1.29 is 16.8 Å². The van der Waals surface area contributed by atoms with Gasteiger partial charge < -0.3 is 0 Å². The van der Waals surface area contributed by atoms with Gasteiger partial charge in [-0.15, -0.1) is 0 Å². The van der Waals surface area contributed by atoms with Crippen LogP contribution in [0.1, 0.15) is 110 Å². The zero-order chi connectivity index (χ0) is 17.9. The van der Waals surface area contributed by atoms with Crippen LogP contribution in [0, 0.1) is 0 Å². The monoisotopic (exact) mass is 388 g/mol. The topological polar surface area (TPSA) is 52.6 Å². The van der Waals surface area contributed by atoms with E-state index in [1.54, 1.807) is 0 Å². The fourth-order valence-electron chi connectivity index (χ4n) is 2.86. The summed E-state index contributed by atoms with van der Waals surface area (Å²) in [7, 11) is -2.63. The summed E-state index contributed by atoms with van der Waals surface area (Å²) in [6, 6.07) is 0. The Morgan fingerprint density at radius 2 is 0.920 bits per heavy atom. The van der Waals surface area contributed by atoms with E-state index in [0.717, 1.165) is 26.4 Å². The molecule has 0 aromatic heterocycles. The SMILES string of the molecule is CCCCCCCCCCCCCCCCCCOS(=O)(=O)OC.[NaH].